The van der Waals surface area contributed by atoms with Gasteiger partial charge in [0, 0.05) is 37.1 Å². The van der Waals surface area contributed by atoms with Gasteiger partial charge in [0.15, 0.2) is 0 Å². The fraction of sp³-hybridized carbons (Fsp3) is 0.592. The summed E-state index contributed by atoms with van der Waals surface area (Å²) in [7, 11) is -3.83. The molecule has 2 fully saturated rings. The fourth-order valence-electron chi connectivity index (χ4n) is 7.87. The van der Waals surface area contributed by atoms with Crippen LogP contribution in [-0.2, 0) is 52.4 Å². The van der Waals surface area contributed by atoms with Crippen LogP contribution in [-0.4, -0.2) is 132 Å². The average Bonchev–Trinajstić information content (AvgIpc) is 3.87. The second-order valence-electron chi connectivity index (χ2n) is 17.0. The van der Waals surface area contributed by atoms with Crippen LogP contribution >= 0.6 is 19.5 Å². The first-order chi connectivity index (χ1) is 32.0. The highest BCUT2D eigenvalue weighted by molar-refractivity contribution is 8.00. The number of thioether (sulfide) groups is 1. The van der Waals surface area contributed by atoms with Crippen LogP contribution in [0.2, 0.25) is 0 Å². The summed E-state index contributed by atoms with van der Waals surface area (Å²) in [6, 6.07) is 30.6. The van der Waals surface area contributed by atoms with E-state index in [0.717, 1.165) is 35.3 Å². The molecule has 0 spiro atoms. The van der Waals surface area contributed by atoms with Gasteiger partial charge in [-0.1, -0.05) is 91.0 Å². The molecule has 0 aromatic heterocycles. The highest BCUT2D eigenvalue weighted by Crippen LogP contribution is 2.48. The molecule has 4 N–H and O–H groups in total. The fourth-order valence-corrected chi connectivity index (χ4v) is 11.1. The summed E-state index contributed by atoms with van der Waals surface area (Å²) in [5.74, 6) is 0.845. The van der Waals surface area contributed by atoms with Gasteiger partial charge in [-0.25, -0.2) is 14.4 Å². The van der Waals surface area contributed by atoms with Crippen molar-refractivity contribution in [3.63, 3.8) is 0 Å². The number of benzene rings is 3. The third-order valence-corrected chi connectivity index (χ3v) is 14.3. The minimum absolute atomic E-state index is 0.0318. The van der Waals surface area contributed by atoms with Gasteiger partial charge in [-0.05, 0) is 70.1 Å². The Balaban J connectivity index is 1.18. The molecule has 2 aliphatic heterocycles. The van der Waals surface area contributed by atoms with Crippen LogP contribution in [0.1, 0.15) is 76.5 Å². The molecule has 3 amide bonds. The molecule has 0 bridgehead atoms. The summed E-state index contributed by atoms with van der Waals surface area (Å²) in [4.78, 5) is 25.1. The van der Waals surface area contributed by atoms with Gasteiger partial charge in [0.05, 0.1) is 89.9 Å². The zero-order valence-electron chi connectivity index (χ0n) is 39.3. The first kappa shape index (κ1) is 53.6. The number of hydrogen-bond donors (Lipinski definition) is 4. The van der Waals surface area contributed by atoms with Crippen LogP contribution in [0.25, 0.3) is 0 Å². The van der Waals surface area contributed by atoms with Crippen LogP contribution < -0.4 is 21.0 Å². The molecular weight excluding hydrogens is 884 g/mol. The minimum Gasteiger partial charge on any atom is -0.379 e. The molecule has 15 nitrogen and oxygen atoms in total. The number of hydrogen-bond acceptors (Lipinski definition) is 12. The zero-order chi connectivity index (χ0) is 46.9. The topological polar surface area (TPSA) is 173 Å². The summed E-state index contributed by atoms with van der Waals surface area (Å²) < 4.78 is 61.2. The van der Waals surface area contributed by atoms with Gasteiger partial charge in [0.1, 0.15) is 5.60 Å². The lowest BCUT2D eigenvalue weighted by molar-refractivity contribution is -0.121. The Bertz CT molecular complexity index is 1770. The zero-order valence-corrected chi connectivity index (χ0v) is 41.0. The predicted octanol–water partition coefficient (Wildman–Crippen LogP) is 7.23. The molecule has 0 radical (unpaired) electrons. The Labute approximate surface area is 396 Å². The van der Waals surface area contributed by atoms with Gasteiger partial charge in [0.2, 0.25) is 5.91 Å². The molecule has 0 aliphatic carbocycles. The standard InChI is InChI=1S/C49H73N4O11PS/c1-5-57-28-29-58-30-31-59-32-33-60-34-35-61-36-37-62-65(56,64-48(2,3)4)51-27-25-42(24-26-50-45(54)23-15-22-44-46-43(38-66-44)52-47(55)53-46)63-49(39-16-9-6-10-17-39,40-18-11-7-12-19-40)41-20-13-8-14-21-41/h6-14,16-21,42-44,46H,5,15,22-38H2,1-4H3,(H,50,54)(H,51,56)(H2,52,53,55). The maximum Gasteiger partial charge on any atom is 0.406 e. The predicted molar refractivity (Wildman–Crippen MR) is 258 cm³/mol. The number of urea groups is 1. The number of carbonyl (C=O) groups excluding carboxylic acids is 2. The summed E-state index contributed by atoms with van der Waals surface area (Å²) in [5.41, 5.74) is 1.04. The second kappa shape index (κ2) is 28.8. The van der Waals surface area contributed by atoms with E-state index in [1.54, 1.807) is 0 Å². The van der Waals surface area contributed by atoms with Crippen LogP contribution in [0.15, 0.2) is 91.0 Å². The third-order valence-electron chi connectivity index (χ3n) is 10.9. The van der Waals surface area contributed by atoms with Crippen molar-refractivity contribution in [3.05, 3.63) is 108 Å². The molecule has 2 heterocycles. The lowest BCUT2D eigenvalue weighted by Gasteiger charge is -2.39. The van der Waals surface area contributed by atoms with Crippen molar-refractivity contribution in [2.45, 2.75) is 94.4 Å². The Hall–Kier alpha value is -3.38. The van der Waals surface area contributed by atoms with Gasteiger partial charge >= 0.3 is 13.8 Å². The monoisotopic (exact) mass is 956 g/mol. The van der Waals surface area contributed by atoms with Crippen molar-refractivity contribution in [1.82, 2.24) is 21.0 Å². The van der Waals surface area contributed by atoms with E-state index in [1.807, 2.05) is 94.1 Å². The van der Waals surface area contributed by atoms with E-state index in [0.29, 0.717) is 85.3 Å². The Kier molecular flexibility index (Phi) is 23.4. The lowest BCUT2D eigenvalue weighted by Crippen LogP contribution is -2.39. The average molecular weight is 957 g/mol. The van der Waals surface area contributed by atoms with Crippen molar-refractivity contribution >= 4 is 31.4 Å². The van der Waals surface area contributed by atoms with Crippen LogP contribution in [0.5, 0.6) is 0 Å². The Morgan fingerprint density at radius 1 is 0.727 bits per heavy atom. The summed E-state index contributed by atoms with van der Waals surface area (Å²) in [6.07, 6.45) is 2.38. The number of rotatable bonds is 34. The van der Waals surface area contributed by atoms with E-state index in [9.17, 15) is 14.2 Å². The SMILES string of the molecule is CCOCCOCCOCCOCCOCCOP(=O)(NCCC(CCNC(=O)CCCC1SCC2NC(=O)NC21)OC(c1ccccc1)(c1ccccc1)c1ccccc1)OC(C)(C)C. The molecule has 5 unspecified atom stereocenters. The quantitative estimate of drug-likeness (QED) is 0.0205. The summed E-state index contributed by atoms with van der Waals surface area (Å²) in [5, 5.41) is 12.6. The van der Waals surface area contributed by atoms with E-state index >= 15 is 0 Å². The van der Waals surface area contributed by atoms with E-state index in [1.165, 1.54) is 0 Å². The largest absolute Gasteiger partial charge is 0.406 e. The molecule has 2 aliphatic rings. The summed E-state index contributed by atoms with van der Waals surface area (Å²) >= 11 is 1.85. The van der Waals surface area contributed by atoms with Crippen molar-refractivity contribution < 1.29 is 51.6 Å². The van der Waals surface area contributed by atoms with Crippen LogP contribution in [0.4, 0.5) is 4.79 Å². The third kappa shape index (κ3) is 18.3. The second-order valence-corrected chi connectivity index (χ2v) is 20.1. The van der Waals surface area contributed by atoms with Crippen molar-refractivity contribution in [3.8, 4) is 0 Å². The van der Waals surface area contributed by atoms with Gasteiger partial charge in [-0.2, -0.15) is 11.8 Å². The molecule has 5 atom stereocenters. The minimum atomic E-state index is -3.83. The van der Waals surface area contributed by atoms with Crippen LogP contribution in [0, 0.1) is 0 Å². The lowest BCUT2D eigenvalue weighted by atomic mass is 9.79. The molecule has 17 heteroatoms. The van der Waals surface area contributed by atoms with Crippen molar-refractivity contribution in [2.24, 2.45) is 0 Å². The van der Waals surface area contributed by atoms with Crippen molar-refractivity contribution in [2.75, 3.05) is 91.5 Å². The molecule has 3 aromatic rings. The highest BCUT2D eigenvalue weighted by Gasteiger charge is 2.43. The number of fused-ring (bicyclic) bond motifs is 1. The molecule has 2 saturated heterocycles. The molecule has 3 aromatic carbocycles. The number of nitrogens with one attached hydrogen (secondary N) is 4. The number of carbonyl (C=O) groups is 2. The van der Waals surface area contributed by atoms with Gasteiger partial charge < -0.3 is 44.4 Å². The van der Waals surface area contributed by atoms with Gasteiger partial charge in [-0.3, -0.25) is 13.8 Å². The van der Waals surface area contributed by atoms with Gasteiger partial charge in [-0.15, -0.1) is 0 Å². The van der Waals surface area contributed by atoms with E-state index in [2.05, 4.69) is 57.4 Å². The first-order valence-electron chi connectivity index (χ1n) is 23.4. The normalized spacial score (nSPS) is 18.6. The Morgan fingerprint density at radius 3 is 1.74 bits per heavy atom. The molecule has 5 rings (SSSR count). The molecule has 0 saturated carbocycles. The smallest absolute Gasteiger partial charge is 0.379 e. The first-order valence-corrected chi connectivity index (χ1v) is 26.0. The van der Waals surface area contributed by atoms with E-state index in [-0.39, 0.29) is 49.0 Å². The van der Waals surface area contributed by atoms with E-state index in [4.69, 9.17) is 37.5 Å². The molecule has 66 heavy (non-hydrogen) atoms. The number of ether oxygens (including phenoxy) is 6. The summed E-state index contributed by atoms with van der Waals surface area (Å²) in [6.45, 7) is 12.6. The molecule has 366 valence electrons. The number of amides is 3. The van der Waals surface area contributed by atoms with Crippen molar-refractivity contribution in [1.29, 1.82) is 0 Å². The maximum atomic E-state index is 14.3. The molecular formula is C49H73N4O11PS. The Morgan fingerprint density at radius 2 is 1.23 bits per heavy atom. The maximum absolute atomic E-state index is 14.3. The van der Waals surface area contributed by atoms with E-state index < -0.39 is 25.1 Å². The van der Waals surface area contributed by atoms with Crippen LogP contribution in [0.3, 0.4) is 0 Å². The highest BCUT2D eigenvalue weighted by atomic mass is 32.2. The van der Waals surface area contributed by atoms with Gasteiger partial charge in [0.25, 0.3) is 0 Å².